The Hall–Kier alpha value is 1.65. The summed E-state index contributed by atoms with van der Waals surface area (Å²) in [5.41, 5.74) is 0. The zero-order valence-corrected chi connectivity index (χ0v) is 11.8. The van der Waals surface area contributed by atoms with E-state index in [-0.39, 0.29) is 0 Å². The summed E-state index contributed by atoms with van der Waals surface area (Å²) in [6.45, 7) is 9.76. The molecule has 0 unspecified atom stereocenters. The fourth-order valence-corrected chi connectivity index (χ4v) is 0.612. The third-order valence-electron chi connectivity index (χ3n) is 1.22. The lowest BCUT2D eigenvalue weighted by Crippen LogP contribution is -2.11. The topological polar surface area (TPSA) is 2.70 Å². The molecule has 0 spiro atoms. The van der Waals surface area contributed by atoms with E-state index in [1.165, 1.54) is 0 Å². The summed E-state index contributed by atoms with van der Waals surface area (Å²) < 4.78 is 3.07. The van der Waals surface area contributed by atoms with Crippen LogP contribution in [-0.4, -0.2) is 29.2 Å². The fraction of sp³-hybridized carbons (Fsp3) is 1.00. The van der Waals surface area contributed by atoms with E-state index in [1.54, 1.807) is 0 Å². The van der Waals surface area contributed by atoms with Gasteiger partial charge in [-0.25, -0.2) is 0 Å². The molecular formula is C6H15AlCl4O. The molecule has 0 amide bonds. The molecule has 0 aliphatic rings. The molecule has 0 aromatic carbocycles. The van der Waals surface area contributed by atoms with E-state index < -0.39 is 9.39 Å². The van der Waals surface area contributed by atoms with Gasteiger partial charge in [-0.15, -0.1) is 0 Å². The van der Waals surface area contributed by atoms with Crippen molar-refractivity contribution in [1.29, 1.82) is 0 Å². The van der Waals surface area contributed by atoms with Gasteiger partial charge in [0.05, 0.1) is 0 Å². The summed E-state index contributed by atoms with van der Waals surface area (Å²) >= 11 is 0. The summed E-state index contributed by atoms with van der Waals surface area (Å²) in [6.07, 6.45) is 0. The van der Waals surface area contributed by atoms with Gasteiger partial charge in [-0.05, 0) is 0 Å². The molecule has 0 aliphatic carbocycles. The first kappa shape index (κ1) is 16.1. The highest BCUT2D eigenvalue weighted by molar-refractivity contribution is 7.81. The Morgan fingerprint density at radius 3 is 1.00 bits per heavy atom. The number of rotatable bonds is 3. The summed E-state index contributed by atoms with van der Waals surface area (Å²) in [5.74, 6) is 0. The van der Waals surface area contributed by atoms with Gasteiger partial charge in [-0.1, -0.05) is 0 Å². The van der Waals surface area contributed by atoms with Crippen LogP contribution in [0.25, 0.3) is 0 Å². The molecule has 0 aliphatic heterocycles. The molecular weight excluding hydrogens is 257 g/mol. The van der Waals surface area contributed by atoms with Crippen molar-refractivity contribution in [3.63, 3.8) is 0 Å². The molecule has 0 aromatic heterocycles. The molecule has 1 nitrogen and oxygen atoms in total. The normalized spacial score (nSPS) is 11.0. The third kappa shape index (κ3) is 22.6. The van der Waals surface area contributed by atoms with Crippen LogP contribution in [-0.2, 0) is 4.37 Å². The summed E-state index contributed by atoms with van der Waals surface area (Å²) in [5, 5.41) is 0. The lowest BCUT2D eigenvalue weighted by molar-refractivity contribution is -0.119. The monoisotopic (exact) mass is 270 g/mol. The molecule has 0 saturated carbocycles. The van der Waals surface area contributed by atoms with Crippen molar-refractivity contribution in [3.8, 4) is 0 Å². The summed E-state index contributed by atoms with van der Waals surface area (Å²) in [7, 11) is 17.0. The molecule has 0 rings (SSSR count). The average Bonchev–Trinajstić information content (AvgIpc) is 1.88. The van der Waals surface area contributed by atoms with Crippen molar-refractivity contribution in [2.75, 3.05) is 19.8 Å². The van der Waals surface area contributed by atoms with Gasteiger partial charge >= 0.3 is 9.39 Å². The second-order valence-electron chi connectivity index (χ2n) is 1.97. The first-order chi connectivity index (χ1) is 5.35. The minimum atomic E-state index is -2.94. The van der Waals surface area contributed by atoms with Crippen molar-refractivity contribution in [1.82, 2.24) is 0 Å². The van der Waals surface area contributed by atoms with Crippen molar-refractivity contribution in [3.05, 3.63) is 0 Å². The van der Waals surface area contributed by atoms with Crippen molar-refractivity contribution in [2.24, 2.45) is 0 Å². The van der Waals surface area contributed by atoms with Crippen LogP contribution in [0.15, 0.2) is 0 Å². The average molecular weight is 272 g/mol. The summed E-state index contributed by atoms with van der Waals surface area (Å²) in [6, 6.07) is 0. The standard InChI is InChI=1S/C6H15O.Al.4ClH/c1-4-7(5-2)6-3;;;;;/h4-6H2,1-3H3;;4*1H/q+1;+3;;;;/p-4. The quantitative estimate of drug-likeness (QED) is 0.540. The van der Waals surface area contributed by atoms with Gasteiger partial charge in [-0.2, -0.15) is 0 Å². The molecule has 0 fully saturated rings. The second-order valence-corrected chi connectivity index (χ2v) is 14.8. The molecule has 0 N–H and O–H groups in total. The maximum atomic E-state index is 4.99. The van der Waals surface area contributed by atoms with E-state index in [9.17, 15) is 0 Å². The van der Waals surface area contributed by atoms with Crippen LogP contribution in [0.1, 0.15) is 20.8 Å². The van der Waals surface area contributed by atoms with Crippen LogP contribution in [0, 0.1) is 0 Å². The van der Waals surface area contributed by atoms with E-state index in [4.69, 9.17) is 40.2 Å². The first-order valence-electron chi connectivity index (χ1n) is 3.86. The Morgan fingerprint density at radius 1 is 0.833 bits per heavy atom. The molecule has 0 bridgehead atoms. The van der Waals surface area contributed by atoms with Crippen LogP contribution >= 0.6 is 40.2 Å². The third-order valence-corrected chi connectivity index (χ3v) is 1.22. The van der Waals surface area contributed by atoms with Gasteiger partial charge in [-0.3, -0.25) is 0 Å². The van der Waals surface area contributed by atoms with E-state index in [2.05, 4.69) is 25.1 Å². The number of hydrogen-bond donors (Lipinski definition) is 0. The minimum absolute atomic E-state index is 1.10. The van der Waals surface area contributed by atoms with E-state index >= 15 is 0 Å². The molecule has 6 heteroatoms. The number of halogens is 4. The maximum Gasteiger partial charge on any atom is 0.564 e. The van der Waals surface area contributed by atoms with Gasteiger partial charge in [0.1, 0.15) is 19.8 Å². The molecule has 76 valence electrons. The SMILES string of the molecule is CC[O+](CC)CC.[Cl][Al-]([Cl])([Cl])[Cl]. The largest absolute Gasteiger partial charge is 0.564 e. The highest BCUT2D eigenvalue weighted by Crippen LogP contribution is 2.23. The molecule has 0 radical (unpaired) electrons. The lowest BCUT2D eigenvalue weighted by atomic mass is 10.7. The van der Waals surface area contributed by atoms with Crippen LogP contribution in [0.3, 0.4) is 0 Å². The summed E-state index contributed by atoms with van der Waals surface area (Å²) in [4.78, 5) is 0. The van der Waals surface area contributed by atoms with Gasteiger partial charge in [0.2, 0.25) is 0 Å². The zero-order valence-electron chi connectivity index (χ0n) is 7.62. The van der Waals surface area contributed by atoms with E-state index in [0.29, 0.717) is 0 Å². The van der Waals surface area contributed by atoms with Crippen LogP contribution in [0.2, 0.25) is 0 Å². The van der Waals surface area contributed by atoms with Gasteiger partial charge in [0.15, 0.2) is 0 Å². The van der Waals surface area contributed by atoms with Crippen molar-refractivity contribution >= 4 is 49.6 Å². The second kappa shape index (κ2) is 9.22. The maximum absolute atomic E-state index is 4.99. The number of hydrogen-bond acceptors (Lipinski definition) is 0. The Labute approximate surface area is 94.1 Å². The molecule has 0 atom stereocenters. The molecule has 0 aromatic rings. The predicted octanol–water partition coefficient (Wildman–Crippen LogP) is 3.98. The molecule has 12 heavy (non-hydrogen) atoms. The zero-order chi connectivity index (χ0) is 10.2. The van der Waals surface area contributed by atoms with Crippen molar-refractivity contribution < 1.29 is 4.37 Å². The highest BCUT2D eigenvalue weighted by Gasteiger charge is 2.14. The highest BCUT2D eigenvalue weighted by atomic mass is 35.9. The lowest BCUT2D eigenvalue weighted by Gasteiger charge is -2.11. The Bertz CT molecular complexity index is 80.5. The predicted molar refractivity (Wildman–Crippen MR) is 61.9 cm³/mol. The van der Waals surface area contributed by atoms with Crippen molar-refractivity contribution in [2.45, 2.75) is 20.8 Å². The minimum Gasteiger partial charge on any atom is -0.422 e. The van der Waals surface area contributed by atoms with E-state index in [1.807, 2.05) is 0 Å². The van der Waals surface area contributed by atoms with Crippen LogP contribution in [0.5, 0.6) is 0 Å². The Balaban J connectivity index is 0. The fourth-order valence-electron chi connectivity index (χ4n) is 0.612. The van der Waals surface area contributed by atoms with Gasteiger partial charge in [0.25, 0.3) is 0 Å². The smallest absolute Gasteiger partial charge is 0.422 e. The molecule has 0 saturated heterocycles. The van der Waals surface area contributed by atoms with E-state index in [0.717, 1.165) is 19.8 Å². The first-order valence-corrected chi connectivity index (χ1v) is 10.8. The molecule has 0 heterocycles. The Kier molecular flexibility index (Phi) is 12.4. The van der Waals surface area contributed by atoms with Crippen LogP contribution in [0.4, 0.5) is 0 Å². The van der Waals surface area contributed by atoms with Gasteiger partial charge in [0, 0.05) is 20.8 Å². The van der Waals surface area contributed by atoms with Gasteiger partial charge < -0.3 is 44.6 Å². The van der Waals surface area contributed by atoms with Crippen LogP contribution < -0.4 is 0 Å². The Morgan fingerprint density at radius 2 is 1.00 bits per heavy atom.